The molecule has 0 saturated heterocycles. The van der Waals surface area contributed by atoms with Crippen molar-refractivity contribution in [3.63, 3.8) is 0 Å². The molecule has 0 fully saturated rings. The smallest absolute Gasteiger partial charge is 0.242 e. The van der Waals surface area contributed by atoms with E-state index in [1.807, 2.05) is 48.9 Å². The molecule has 0 amide bonds. The van der Waals surface area contributed by atoms with Crippen LogP contribution in [0.5, 0.6) is 11.6 Å². The van der Waals surface area contributed by atoms with Gasteiger partial charge in [-0.25, -0.2) is 19.3 Å². The zero-order valence-corrected chi connectivity index (χ0v) is 17.8. The fourth-order valence-corrected chi connectivity index (χ4v) is 3.61. The normalized spacial score (nSPS) is 10.8. The predicted molar refractivity (Wildman–Crippen MR) is 121 cm³/mol. The van der Waals surface area contributed by atoms with Crippen LogP contribution in [-0.2, 0) is 0 Å². The zero-order chi connectivity index (χ0) is 22.9. The Kier molecular flexibility index (Phi) is 4.95. The molecular formula is C24H18FN7O. The molecule has 3 aromatic heterocycles. The van der Waals surface area contributed by atoms with Crippen LogP contribution in [-0.4, -0.2) is 24.5 Å². The lowest BCUT2D eigenvalue weighted by molar-refractivity contribution is 0.428. The molecule has 0 aliphatic heterocycles. The number of H-pyrrole nitrogens is 1. The lowest BCUT2D eigenvalue weighted by atomic mass is 10.2. The first-order valence-corrected chi connectivity index (χ1v) is 10.1. The molecule has 0 bridgehead atoms. The molecule has 2 N–H and O–H groups in total. The Bertz CT molecular complexity index is 1510. The number of halogens is 1. The number of imidazole rings is 1. The summed E-state index contributed by atoms with van der Waals surface area (Å²) >= 11 is 0. The molecule has 162 valence electrons. The predicted octanol–water partition coefficient (Wildman–Crippen LogP) is 5.31. The molecule has 0 spiro atoms. The Hall–Kier alpha value is -4.71. The Morgan fingerprint density at radius 2 is 1.91 bits per heavy atom. The summed E-state index contributed by atoms with van der Waals surface area (Å²) in [6.07, 6.45) is 4.88. The summed E-state index contributed by atoms with van der Waals surface area (Å²) in [5, 5.41) is 13.3. The average Bonchev–Trinajstić information content (AvgIpc) is 3.42. The number of aromatic amines is 1. The number of fused-ring (bicyclic) bond motifs is 1. The Labute approximate surface area is 188 Å². The summed E-state index contributed by atoms with van der Waals surface area (Å²) in [6, 6.07) is 14.5. The van der Waals surface area contributed by atoms with Crippen LogP contribution in [0.25, 0.3) is 16.6 Å². The molecule has 0 atom stereocenters. The quantitative estimate of drug-likeness (QED) is 0.385. The average molecular weight is 439 g/mol. The van der Waals surface area contributed by atoms with Crippen molar-refractivity contribution >= 4 is 22.4 Å². The summed E-state index contributed by atoms with van der Waals surface area (Å²) < 4.78 is 22.6. The second-order valence-corrected chi connectivity index (χ2v) is 7.42. The largest absolute Gasteiger partial charge is 0.434 e. The second kappa shape index (κ2) is 8.09. The number of aryl methyl sites for hydroxylation is 2. The Morgan fingerprint density at radius 3 is 2.64 bits per heavy atom. The highest BCUT2D eigenvalue weighted by atomic mass is 19.1. The monoisotopic (exact) mass is 439 g/mol. The third kappa shape index (κ3) is 3.74. The van der Waals surface area contributed by atoms with E-state index in [0.29, 0.717) is 16.6 Å². The van der Waals surface area contributed by atoms with Crippen LogP contribution in [0.3, 0.4) is 0 Å². The van der Waals surface area contributed by atoms with Crippen molar-refractivity contribution in [3.05, 3.63) is 84.1 Å². The van der Waals surface area contributed by atoms with Gasteiger partial charge in [0.2, 0.25) is 5.88 Å². The highest BCUT2D eigenvalue weighted by Gasteiger charge is 2.17. The first-order valence-electron chi connectivity index (χ1n) is 10.1. The number of anilines is 2. The lowest BCUT2D eigenvalue weighted by Crippen LogP contribution is -2.02. The van der Waals surface area contributed by atoms with Gasteiger partial charge < -0.3 is 19.6 Å². The Morgan fingerprint density at radius 1 is 1.09 bits per heavy atom. The molecule has 2 aromatic carbocycles. The van der Waals surface area contributed by atoms with E-state index < -0.39 is 5.82 Å². The van der Waals surface area contributed by atoms with Gasteiger partial charge >= 0.3 is 0 Å². The zero-order valence-electron chi connectivity index (χ0n) is 17.8. The summed E-state index contributed by atoms with van der Waals surface area (Å²) in [6.45, 7) is 3.77. The minimum absolute atomic E-state index is 0.0253. The topological polar surface area (TPSA) is 104 Å². The molecule has 0 saturated carbocycles. The maximum Gasteiger partial charge on any atom is 0.242 e. The fraction of sp³-hybridized carbons (Fsp3) is 0.0833. The number of aromatic nitrogens is 5. The number of rotatable bonds is 5. The van der Waals surface area contributed by atoms with E-state index in [0.717, 1.165) is 17.2 Å². The molecule has 0 unspecified atom stereocenters. The van der Waals surface area contributed by atoms with E-state index in [9.17, 15) is 9.65 Å². The highest BCUT2D eigenvalue weighted by molar-refractivity contribution is 5.83. The number of hydrogen-bond acceptors (Lipinski definition) is 6. The number of nitriles is 1. The van der Waals surface area contributed by atoms with Crippen molar-refractivity contribution in [3.8, 4) is 23.4 Å². The lowest BCUT2D eigenvalue weighted by Gasteiger charge is -2.12. The highest BCUT2D eigenvalue weighted by Crippen LogP contribution is 2.33. The van der Waals surface area contributed by atoms with Gasteiger partial charge in [-0.3, -0.25) is 0 Å². The van der Waals surface area contributed by atoms with Gasteiger partial charge in [-0.1, -0.05) is 0 Å². The number of benzene rings is 2. The van der Waals surface area contributed by atoms with Gasteiger partial charge in [-0.2, -0.15) is 5.26 Å². The van der Waals surface area contributed by atoms with Crippen LogP contribution in [0.1, 0.15) is 17.1 Å². The van der Waals surface area contributed by atoms with Gasteiger partial charge in [0.15, 0.2) is 22.9 Å². The van der Waals surface area contributed by atoms with E-state index in [2.05, 4.69) is 31.3 Å². The first-order chi connectivity index (χ1) is 16.0. The molecule has 5 aromatic rings. The fourth-order valence-electron chi connectivity index (χ4n) is 3.61. The van der Waals surface area contributed by atoms with Crippen LogP contribution in [0.4, 0.5) is 15.9 Å². The Balaban J connectivity index is 1.43. The van der Waals surface area contributed by atoms with Crippen molar-refractivity contribution in [1.29, 1.82) is 5.26 Å². The number of nitrogens with one attached hydrogen (secondary N) is 2. The molecular weight excluding hydrogens is 421 g/mol. The number of hydrogen-bond donors (Lipinski definition) is 2. The summed E-state index contributed by atoms with van der Waals surface area (Å²) in [5.74, 6) is 0.543. The summed E-state index contributed by atoms with van der Waals surface area (Å²) in [7, 11) is 0. The second-order valence-electron chi connectivity index (χ2n) is 7.42. The van der Waals surface area contributed by atoms with Gasteiger partial charge in [-0.05, 0) is 56.3 Å². The molecule has 0 radical (unpaired) electrons. The van der Waals surface area contributed by atoms with Crippen molar-refractivity contribution in [2.75, 3.05) is 5.32 Å². The minimum atomic E-state index is -0.528. The van der Waals surface area contributed by atoms with Crippen molar-refractivity contribution in [1.82, 2.24) is 24.5 Å². The molecule has 9 heteroatoms. The summed E-state index contributed by atoms with van der Waals surface area (Å²) in [4.78, 5) is 15.5. The molecule has 8 nitrogen and oxygen atoms in total. The van der Waals surface area contributed by atoms with Gasteiger partial charge in [0, 0.05) is 40.4 Å². The SMILES string of the molecule is Cc1cc2c(F)c(Oc3ncnc(Nc4ccc(-n5ccnc5C)cc4)c3C#N)ccc2[nH]1. The maximum atomic E-state index is 14.9. The van der Waals surface area contributed by atoms with Gasteiger partial charge in [-0.15, -0.1) is 0 Å². The van der Waals surface area contributed by atoms with E-state index in [4.69, 9.17) is 4.74 Å². The van der Waals surface area contributed by atoms with Crippen molar-refractivity contribution in [2.24, 2.45) is 0 Å². The molecule has 5 rings (SSSR count). The van der Waals surface area contributed by atoms with E-state index >= 15 is 0 Å². The first kappa shape index (κ1) is 20.2. The third-order valence-electron chi connectivity index (χ3n) is 5.20. The van der Waals surface area contributed by atoms with Crippen molar-refractivity contribution < 1.29 is 9.13 Å². The summed E-state index contributed by atoms with van der Waals surface area (Å²) in [5.41, 5.74) is 3.23. The van der Waals surface area contributed by atoms with Crippen LogP contribution < -0.4 is 10.1 Å². The van der Waals surface area contributed by atoms with Gasteiger partial charge in [0.1, 0.15) is 18.2 Å². The van der Waals surface area contributed by atoms with Crippen LogP contribution in [0, 0.1) is 31.0 Å². The van der Waals surface area contributed by atoms with E-state index in [1.165, 1.54) is 12.4 Å². The molecule has 33 heavy (non-hydrogen) atoms. The molecule has 0 aliphatic carbocycles. The van der Waals surface area contributed by atoms with E-state index in [1.54, 1.807) is 18.3 Å². The maximum absolute atomic E-state index is 14.9. The van der Waals surface area contributed by atoms with Gasteiger partial charge in [0.25, 0.3) is 0 Å². The number of ether oxygens (including phenoxy) is 1. The van der Waals surface area contributed by atoms with Crippen LogP contribution in [0.2, 0.25) is 0 Å². The van der Waals surface area contributed by atoms with Gasteiger partial charge in [0.05, 0.1) is 0 Å². The standard InChI is InChI=1S/C24H18FN7O/c1-14-11-18-20(30-14)7-8-21(22(18)25)33-24-19(12-26)23(28-13-29-24)31-16-3-5-17(6-4-16)32-10-9-27-15(32)2/h3-11,13,30H,1-2H3,(H,28,29,31). The molecule has 3 heterocycles. The van der Waals surface area contributed by atoms with Crippen LogP contribution >= 0.6 is 0 Å². The van der Waals surface area contributed by atoms with E-state index in [-0.39, 0.29) is 23.0 Å². The molecule has 0 aliphatic rings. The number of nitrogens with zero attached hydrogens (tertiary/aromatic N) is 5. The van der Waals surface area contributed by atoms with Crippen molar-refractivity contribution in [2.45, 2.75) is 13.8 Å². The van der Waals surface area contributed by atoms with Crippen LogP contribution in [0.15, 0.2) is 61.2 Å². The minimum Gasteiger partial charge on any atom is -0.434 e. The third-order valence-corrected chi connectivity index (χ3v) is 5.20.